The fourth-order valence-electron chi connectivity index (χ4n) is 1.27. The van der Waals surface area contributed by atoms with Crippen molar-refractivity contribution in [3.63, 3.8) is 0 Å². The average molecular weight is 318 g/mol. The van der Waals surface area contributed by atoms with E-state index in [1.54, 1.807) is 10.7 Å². The first-order valence-electron chi connectivity index (χ1n) is 4.45. The molecule has 15 heavy (non-hydrogen) atoms. The lowest BCUT2D eigenvalue weighted by atomic mass is 10.3. The summed E-state index contributed by atoms with van der Waals surface area (Å²) in [5.41, 5.74) is 0.804. The first-order chi connectivity index (χ1) is 7.22. The summed E-state index contributed by atoms with van der Waals surface area (Å²) in [5.74, 6) is 0.508. The topological polar surface area (TPSA) is 43.6 Å². The van der Waals surface area contributed by atoms with E-state index in [0.29, 0.717) is 0 Å². The molecule has 2 rings (SSSR count). The number of hydrogen-bond acceptors (Lipinski definition) is 3. The molecule has 6 heteroatoms. The normalized spacial score (nSPS) is 10.6. The van der Waals surface area contributed by atoms with Gasteiger partial charge in [-0.1, -0.05) is 6.92 Å². The van der Waals surface area contributed by atoms with Crippen molar-refractivity contribution >= 4 is 22.6 Å². The van der Waals surface area contributed by atoms with Crippen LogP contribution in [-0.4, -0.2) is 20.2 Å². The van der Waals surface area contributed by atoms with Crippen LogP contribution in [0.2, 0.25) is 0 Å². The Bertz CT molecular complexity index is 483. The van der Waals surface area contributed by atoms with Gasteiger partial charge in [-0.15, -0.1) is 5.10 Å². The van der Waals surface area contributed by atoms with E-state index in [1.807, 2.05) is 6.92 Å². The summed E-state index contributed by atoms with van der Waals surface area (Å²) in [6.45, 7) is 1.97. The lowest BCUT2D eigenvalue weighted by Gasteiger charge is -2.05. The van der Waals surface area contributed by atoms with Crippen LogP contribution in [0.1, 0.15) is 12.7 Å². The molecule has 0 atom stereocenters. The predicted molar refractivity (Wildman–Crippen MR) is 61.2 cm³/mol. The second kappa shape index (κ2) is 4.21. The van der Waals surface area contributed by atoms with E-state index in [0.717, 1.165) is 21.5 Å². The number of aryl methyl sites for hydroxylation is 1. The van der Waals surface area contributed by atoms with Gasteiger partial charge in [0, 0.05) is 9.99 Å². The molecule has 2 aromatic rings. The van der Waals surface area contributed by atoms with E-state index < -0.39 is 0 Å². The van der Waals surface area contributed by atoms with Crippen LogP contribution in [0, 0.1) is 9.39 Å². The van der Waals surface area contributed by atoms with Gasteiger partial charge in [-0.25, -0.2) is 4.39 Å². The second-order valence-corrected chi connectivity index (χ2v) is 4.12. The summed E-state index contributed by atoms with van der Waals surface area (Å²) in [6.07, 6.45) is 0.737. The maximum absolute atomic E-state index is 12.9. The highest BCUT2D eigenvalue weighted by atomic mass is 127. The molecule has 4 nitrogen and oxygen atoms in total. The van der Waals surface area contributed by atoms with Gasteiger partial charge in [-0.05, 0) is 51.2 Å². The zero-order valence-corrected chi connectivity index (χ0v) is 10.1. The molecule has 0 aliphatic rings. The van der Waals surface area contributed by atoms with E-state index in [-0.39, 0.29) is 5.82 Å². The summed E-state index contributed by atoms with van der Waals surface area (Å²) in [5, 5.41) is 11.4. The van der Waals surface area contributed by atoms with Gasteiger partial charge in [0.25, 0.3) is 0 Å². The number of rotatable bonds is 2. The van der Waals surface area contributed by atoms with Crippen LogP contribution in [0.4, 0.5) is 4.39 Å². The molecule has 0 aliphatic heterocycles. The van der Waals surface area contributed by atoms with Gasteiger partial charge in [-0.3, -0.25) is 0 Å². The van der Waals surface area contributed by atoms with Crippen LogP contribution >= 0.6 is 22.6 Å². The van der Waals surface area contributed by atoms with Crippen molar-refractivity contribution in [2.24, 2.45) is 0 Å². The summed E-state index contributed by atoms with van der Waals surface area (Å²) < 4.78 is 15.3. The van der Waals surface area contributed by atoms with Crippen molar-refractivity contribution in [3.8, 4) is 5.69 Å². The lowest BCUT2D eigenvalue weighted by molar-refractivity contribution is 0.625. The van der Waals surface area contributed by atoms with Crippen molar-refractivity contribution in [3.05, 3.63) is 33.4 Å². The van der Waals surface area contributed by atoms with E-state index >= 15 is 0 Å². The Morgan fingerprint density at radius 3 is 2.93 bits per heavy atom. The van der Waals surface area contributed by atoms with Crippen LogP contribution in [0.3, 0.4) is 0 Å². The largest absolute Gasteiger partial charge is 0.207 e. The second-order valence-electron chi connectivity index (χ2n) is 2.96. The van der Waals surface area contributed by atoms with Crippen molar-refractivity contribution in [2.75, 3.05) is 0 Å². The third-order valence-corrected chi connectivity index (χ3v) is 2.85. The van der Waals surface area contributed by atoms with Crippen LogP contribution in [-0.2, 0) is 6.42 Å². The van der Waals surface area contributed by atoms with Gasteiger partial charge in [0.05, 0.1) is 5.69 Å². The van der Waals surface area contributed by atoms with E-state index in [1.165, 1.54) is 12.1 Å². The Balaban J connectivity index is 2.54. The smallest absolute Gasteiger partial charge is 0.156 e. The molecule has 78 valence electrons. The van der Waals surface area contributed by atoms with Crippen molar-refractivity contribution in [1.82, 2.24) is 20.2 Å². The van der Waals surface area contributed by atoms with E-state index in [4.69, 9.17) is 0 Å². The zero-order valence-electron chi connectivity index (χ0n) is 7.98. The molecule has 0 aliphatic carbocycles. The summed E-state index contributed by atoms with van der Waals surface area (Å²) in [4.78, 5) is 0. The highest BCUT2D eigenvalue weighted by Gasteiger charge is 2.09. The van der Waals surface area contributed by atoms with Crippen LogP contribution < -0.4 is 0 Å². The minimum absolute atomic E-state index is 0.255. The summed E-state index contributed by atoms with van der Waals surface area (Å²) >= 11 is 2.06. The van der Waals surface area contributed by atoms with Gasteiger partial charge in [-0.2, -0.15) is 4.68 Å². The van der Waals surface area contributed by atoms with Gasteiger partial charge >= 0.3 is 0 Å². The Kier molecular flexibility index (Phi) is 2.94. The number of halogens is 2. The lowest BCUT2D eigenvalue weighted by Crippen LogP contribution is -2.04. The summed E-state index contributed by atoms with van der Waals surface area (Å²) in [7, 11) is 0. The highest BCUT2D eigenvalue weighted by Crippen LogP contribution is 2.18. The molecule has 1 heterocycles. The zero-order chi connectivity index (χ0) is 10.8. The first kappa shape index (κ1) is 10.5. The van der Waals surface area contributed by atoms with Gasteiger partial charge in [0.1, 0.15) is 5.82 Å². The predicted octanol–water partition coefficient (Wildman–Crippen LogP) is 1.97. The molecular formula is C9H8FIN4. The van der Waals surface area contributed by atoms with E-state index in [2.05, 4.69) is 38.1 Å². The standard InChI is InChI=1S/C9H8FIN4/c1-2-9-12-13-14-15(9)8-4-3-6(10)5-7(8)11/h3-5H,2H2,1H3. The summed E-state index contributed by atoms with van der Waals surface area (Å²) in [6, 6.07) is 4.53. The number of benzene rings is 1. The third kappa shape index (κ3) is 1.99. The van der Waals surface area contributed by atoms with Crippen molar-refractivity contribution in [2.45, 2.75) is 13.3 Å². The molecule has 0 bridgehead atoms. The van der Waals surface area contributed by atoms with Gasteiger partial charge in [0.2, 0.25) is 0 Å². The Labute approximate surface area is 99.6 Å². The molecule has 0 saturated heterocycles. The SMILES string of the molecule is CCc1nnnn1-c1ccc(F)cc1I. The van der Waals surface area contributed by atoms with Gasteiger partial charge < -0.3 is 0 Å². The molecule has 0 saturated carbocycles. The molecule has 0 unspecified atom stereocenters. The molecule has 0 amide bonds. The Morgan fingerprint density at radius 2 is 2.27 bits per heavy atom. The van der Waals surface area contributed by atoms with Crippen LogP contribution in [0.25, 0.3) is 5.69 Å². The molecule has 0 spiro atoms. The molecular weight excluding hydrogens is 310 g/mol. The maximum Gasteiger partial charge on any atom is 0.156 e. The van der Waals surface area contributed by atoms with Crippen molar-refractivity contribution in [1.29, 1.82) is 0 Å². The Morgan fingerprint density at radius 1 is 1.47 bits per heavy atom. The van der Waals surface area contributed by atoms with Crippen LogP contribution in [0.15, 0.2) is 18.2 Å². The fourth-order valence-corrected chi connectivity index (χ4v) is 1.97. The molecule has 0 radical (unpaired) electrons. The molecule has 1 aromatic heterocycles. The highest BCUT2D eigenvalue weighted by molar-refractivity contribution is 14.1. The van der Waals surface area contributed by atoms with Crippen molar-refractivity contribution < 1.29 is 4.39 Å². The first-order valence-corrected chi connectivity index (χ1v) is 5.53. The quantitative estimate of drug-likeness (QED) is 0.795. The van der Waals surface area contributed by atoms with Gasteiger partial charge in [0.15, 0.2) is 5.82 Å². The third-order valence-electron chi connectivity index (χ3n) is 1.99. The Hall–Kier alpha value is -1.05. The monoisotopic (exact) mass is 318 g/mol. The number of hydrogen-bond donors (Lipinski definition) is 0. The van der Waals surface area contributed by atoms with Crippen LogP contribution in [0.5, 0.6) is 0 Å². The molecule has 1 aromatic carbocycles. The number of nitrogens with zero attached hydrogens (tertiary/aromatic N) is 4. The minimum Gasteiger partial charge on any atom is -0.207 e. The maximum atomic E-state index is 12.9. The number of tetrazole rings is 1. The fraction of sp³-hybridized carbons (Fsp3) is 0.222. The number of aromatic nitrogens is 4. The minimum atomic E-state index is -0.255. The average Bonchev–Trinajstić information content (AvgIpc) is 2.65. The molecule has 0 N–H and O–H groups in total. The van der Waals surface area contributed by atoms with E-state index in [9.17, 15) is 4.39 Å². The molecule has 0 fully saturated rings.